The number of hydrogen-bond donors (Lipinski definition) is 1. The van der Waals surface area contributed by atoms with Gasteiger partial charge in [-0.05, 0) is 13.8 Å². The van der Waals surface area contributed by atoms with Gasteiger partial charge in [-0.2, -0.15) is 0 Å². The third kappa shape index (κ3) is 3.39. The Bertz CT molecular complexity index is 624. The topological polar surface area (TPSA) is 56.0 Å². The molecule has 0 aliphatic carbocycles. The van der Waals surface area contributed by atoms with Gasteiger partial charge in [-0.1, -0.05) is 44.2 Å². The lowest BCUT2D eigenvalue weighted by Crippen LogP contribution is -2.52. The van der Waals surface area contributed by atoms with Crippen LogP contribution in [0.15, 0.2) is 35.7 Å². The molecule has 0 saturated heterocycles. The first-order valence-corrected chi connectivity index (χ1v) is 7.92. The molecule has 112 valence electrons. The summed E-state index contributed by atoms with van der Waals surface area (Å²) in [5, 5.41) is 2.84. The van der Waals surface area contributed by atoms with Gasteiger partial charge in [0.15, 0.2) is 0 Å². The molecular weight excluding hydrogens is 280 g/mol. The van der Waals surface area contributed by atoms with E-state index in [-0.39, 0.29) is 5.78 Å². The number of hydrogen-bond acceptors (Lipinski definition) is 4. The second kappa shape index (κ2) is 5.70. The van der Waals surface area contributed by atoms with Crippen molar-refractivity contribution in [2.75, 3.05) is 0 Å². The largest absolute Gasteiger partial charge is 0.325 e. The highest BCUT2D eigenvalue weighted by Gasteiger charge is 2.40. The molecule has 2 N–H and O–H groups in total. The Balaban J connectivity index is 2.15. The van der Waals surface area contributed by atoms with Crippen LogP contribution in [0.25, 0.3) is 11.3 Å². The quantitative estimate of drug-likeness (QED) is 0.916. The Labute approximate surface area is 130 Å². The number of nitrogens with zero attached hydrogens (tertiary/aromatic N) is 1. The summed E-state index contributed by atoms with van der Waals surface area (Å²) in [5.41, 5.74) is 7.00. The summed E-state index contributed by atoms with van der Waals surface area (Å²) in [6, 6.07) is 9.99. The summed E-state index contributed by atoms with van der Waals surface area (Å²) in [5.74, 6) is 0.129. The molecular formula is C17H22N2OS. The summed E-state index contributed by atoms with van der Waals surface area (Å²) >= 11 is 1.53. The fraction of sp³-hybridized carbons (Fsp3) is 0.412. The third-order valence-corrected chi connectivity index (χ3v) is 5.09. The van der Waals surface area contributed by atoms with Gasteiger partial charge in [0.25, 0.3) is 0 Å². The van der Waals surface area contributed by atoms with Crippen molar-refractivity contribution < 1.29 is 4.79 Å². The first-order valence-electron chi connectivity index (χ1n) is 7.04. The van der Waals surface area contributed by atoms with Crippen molar-refractivity contribution in [1.82, 2.24) is 4.98 Å². The van der Waals surface area contributed by atoms with Crippen LogP contribution in [0.1, 0.15) is 32.7 Å². The number of Topliss-reactive ketones (excluding diaryl/α,β-unsaturated/α-hetero) is 1. The van der Waals surface area contributed by atoms with Gasteiger partial charge in [0.05, 0.1) is 12.1 Å². The molecule has 1 aromatic heterocycles. The van der Waals surface area contributed by atoms with E-state index in [0.29, 0.717) is 6.42 Å². The molecule has 2 rings (SSSR count). The molecule has 4 heteroatoms. The number of rotatable bonds is 5. The number of aromatic nitrogens is 1. The van der Waals surface area contributed by atoms with Crippen molar-refractivity contribution in [2.45, 2.75) is 39.7 Å². The first-order chi connectivity index (χ1) is 9.72. The molecule has 21 heavy (non-hydrogen) atoms. The molecule has 2 aromatic rings. The Kier molecular flexibility index (Phi) is 4.30. The summed E-state index contributed by atoms with van der Waals surface area (Å²) in [6.45, 7) is 7.59. The molecule has 0 unspecified atom stereocenters. The van der Waals surface area contributed by atoms with Gasteiger partial charge < -0.3 is 5.73 Å². The smallest absolute Gasteiger partial charge is 0.147 e. The molecule has 0 atom stereocenters. The minimum atomic E-state index is -0.578. The molecule has 0 aliphatic heterocycles. The number of benzene rings is 1. The van der Waals surface area contributed by atoms with Crippen LogP contribution in [0.5, 0.6) is 0 Å². The molecule has 3 nitrogen and oxygen atoms in total. The zero-order valence-electron chi connectivity index (χ0n) is 13.0. The molecule has 0 aliphatic rings. The summed E-state index contributed by atoms with van der Waals surface area (Å²) in [6.07, 6.45) is 0.338. The molecule has 0 amide bonds. The predicted molar refractivity (Wildman–Crippen MR) is 88.3 cm³/mol. The van der Waals surface area contributed by atoms with Gasteiger partial charge in [0.2, 0.25) is 0 Å². The summed E-state index contributed by atoms with van der Waals surface area (Å²) < 4.78 is 0. The van der Waals surface area contributed by atoms with Crippen LogP contribution >= 0.6 is 11.3 Å². The van der Waals surface area contributed by atoms with Crippen LogP contribution in [0, 0.1) is 5.41 Å². The molecule has 0 bridgehead atoms. The lowest BCUT2D eigenvalue weighted by atomic mass is 9.71. The summed E-state index contributed by atoms with van der Waals surface area (Å²) in [4.78, 5) is 17.1. The van der Waals surface area contributed by atoms with E-state index in [1.54, 1.807) is 0 Å². The predicted octanol–water partition coefficient (Wildman–Crippen LogP) is 3.69. The second-order valence-corrected chi connectivity index (χ2v) is 7.38. The Morgan fingerprint density at radius 3 is 2.38 bits per heavy atom. The third-order valence-electron chi connectivity index (χ3n) is 4.24. The molecule has 0 saturated carbocycles. The maximum atomic E-state index is 12.5. The van der Waals surface area contributed by atoms with Crippen LogP contribution in [-0.4, -0.2) is 16.3 Å². The molecule has 1 aromatic carbocycles. The highest BCUT2D eigenvalue weighted by molar-refractivity contribution is 7.10. The van der Waals surface area contributed by atoms with E-state index >= 15 is 0 Å². The molecule has 1 heterocycles. The normalized spacial score (nSPS) is 12.4. The zero-order chi connectivity index (χ0) is 15.7. The SMILES string of the molecule is CC(C)(N)C(C)(C)C(=O)Cc1nc(-c2ccccc2)cs1. The van der Waals surface area contributed by atoms with Crippen LogP contribution in [-0.2, 0) is 11.2 Å². The van der Waals surface area contributed by atoms with E-state index in [2.05, 4.69) is 4.98 Å². The van der Waals surface area contributed by atoms with E-state index in [0.717, 1.165) is 16.3 Å². The maximum absolute atomic E-state index is 12.5. The number of carbonyl (C=O) groups is 1. The number of nitrogens with two attached hydrogens (primary N) is 1. The van der Waals surface area contributed by atoms with Crippen molar-refractivity contribution in [3.8, 4) is 11.3 Å². The standard InChI is InChI=1S/C17H22N2OS/c1-16(2,17(3,4)18)14(20)10-15-19-13(11-21-15)12-8-6-5-7-9-12/h5-9,11H,10,18H2,1-4H3. The number of thiazole rings is 1. The monoisotopic (exact) mass is 302 g/mol. The van der Waals surface area contributed by atoms with Crippen LogP contribution in [0.2, 0.25) is 0 Å². The van der Waals surface area contributed by atoms with Crippen LogP contribution < -0.4 is 5.73 Å². The lowest BCUT2D eigenvalue weighted by molar-refractivity contribution is -0.129. The van der Waals surface area contributed by atoms with Crippen LogP contribution in [0.3, 0.4) is 0 Å². The maximum Gasteiger partial charge on any atom is 0.147 e. The highest BCUT2D eigenvalue weighted by atomic mass is 32.1. The Morgan fingerprint density at radius 1 is 1.19 bits per heavy atom. The van der Waals surface area contributed by atoms with Gasteiger partial charge >= 0.3 is 0 Å². The van der Waals surface area contributed by atoms with Crippen molar-refractivity contribution in [3.63, 3.8) is 0 Å². The van der Waals surface area contributed by atoms with Gasteiger partial charge in [-0.3, -0.25) is 4.79 Å². The highest BCUT2D eigenvalue weighted by Crippen LogP contribution is 2.31. The zero-order valence-corrected chi connectivity index (χ0v) is 13.8. The molecule has 0 fully saturated rings. The molecule has 0 spiro atoms. The average Bonchev–Trinajstić information content (AvgIpc) is 2.87. The second-order valence-electron chi connectivity index (χ2n) is 6.44. The van der Waals surface area contributed by atoms with E-state index in [9.17, 15) is 4.79 Å². The fourth-order valence-electron chi connectivity index (χ4n) is 1.85. The number of ketones is 1. The van der Waals surface area contributed by atoms with Crippen molar-refractivity contribution in [2.24, 2.45) is 11.1 Å². The Morgan fingerprint density at radius 2 is 1.81 bits per heavy atom. The summed E-state index contributed by atoms with van der Waals surface area (Å²) in [7, 11) is 0. The lowest BCUT2D eigenvalue weighted by Gasteiger charge is -2.36. The average molecular weight is 302 g/mol. The molecule has 0 radical (unpaired) electrons. The van der Waals surface area contributed by atoms with Crippen LogP contribution in [0.4, 0.5) is 0 Å². The minimum absolute atomic E-state index is 0.129. The Hall–Kier alpha value is -1.52. The van der Waals surface area contributed by atoms with E-state index < -0.39 is 11.0 Å². The van der Waals surface area contributed by atoms with Gasteiger partial charge in [0.1, 0.15) is 10.8 Å². The fourth-order valence-corrected chi connectivity index (χ4v) is 2.65. The van der Waals surface area contributed by atoms with E-state index in [1.807, 2.05) is 63.4 Å². The van der Waals surface area contributed by atoms with Crippen molar-refractivity contribution in [3.05, 3.63) is 40.7 Å². The van der Waals surface area contributed by atoms with Crippen molar-refractivity contribution in [1.29, 1.82) is 0 Å². The van der Waals surface area contributed by atoms with Gasteiger partial charge in [-0.25, -0.2) is 4.98 Å². The van der Waals surface area contributed by atoms with E-state index in [4.69, 9.17) is 5.73 Å². The number of carbonyl (C=O) groups excluding carboxylic acids is 1. The van der Waals surface area contributed by atoms with E-state index in [1.165, 1.54) is 11.3 Å². The van der Waals surface area contributed by atoms with Crippen molar-refractivity contribution >= 4 is 17.1 Å². The first kappa shape index (κ1) is 15.9. The minimum Gasteiger partial charge on any atom is -0.325 e. The van der Waals surface area contributed by atoms with Gasteiger partial charge in [-0.15, -0.1) is 11.3 Å². The van der Waals surface area contributed by atoms with Gasteiger partial charge in [0, 0.05) is 21.9 Å².